The normalized spacial score (nSPS) is 14.3. The van der Waals surface area contributed by atoms with E-state index in [0.29, 0.717) is 38.4 Å². The highest BCUT2D eigenvalue weighted by atomic mass is 16.6. The van der Waals surface area contributed by atoms with Gasteiger partial charge < -0.3 is 19.7 Å². The molecule has 0 atom stereocenters. The number of nitrogens with zero attached hydrogens (tertiary/aromatic N) is 2. The van der Waals surface area contributed by atoms with Gasteiger partial charge in [-0.3, -0.25) is 9.69 Å². The van der Waals surface area contributed by atoms with Crippen LogP contribution in [0.4, 0.5) is 10.5 Å². The maximum Gasteiger partial charge on any atom is 0.409 e. The summed E-state index contributed by atoms with van der Waals surface area (Å²) >= 11 is 0. The molecule has 1 heterocycles. The Morgan fingerprint density at radius 3 is 2.24 bits per heavy atom. The number of piperazine rings is 1. The Labute approximate surface area is 171 Å². The molecule has 0 bridgehead atoms. The zero-order valence-corrected chi connectivity index (χ0v) is 16.7. The summed E-state index contributed by atoms with van der Waals surface area (Å²) < 4.78 is 10.8. The minimum atomic E-state index is -0.260. The summed E-state index contributed by atoms with van der Waals surface area (Å²) in [5.41, 5.74) is 0.738. The van der Waals surface area contributed by atoms with E-state index in [2.05, 4.69) is 10.2 Å². The molecule has 0 saturated carbocycles. The second kappa shape index (κ2) is 10.5. The summed E-state index contributed by atoms with van der Waals surface area (Å²) in [6.07, 6.45) is 0.145. The highest BCUT2D eigenvalue weighted by Gasteiger charge is 2.22. The summed E-state index contributed by atoms with van der Waals surface area (Å²) in [4.78, 5) is 27.8. The first-order chi connectivity index (χ1) is 14.1. The fourth-order valence-corrected chi connectivity index (χ4v) is 3.08. The predicted molar refractivity (Wildman–Crippen MR) is 111 cm³/mol. The van der Waals surface area contributed by atoms with Crippen molar-refractivity contribution < 1.29 is 19.1 Å². The first kappa shape index (κ1) is 20.7. The third-order valence-corrected chi connectivity index (χ3v) is 4.67. The second-order valence-electron chi connectivity index (χ2n) is 6.77. The molecule has 2 aromatic carbocycles. The maximum absolute atomic E-state index is 12.2. The van der Waals surface area contributed by atoms with E-state index >= 15 is 0 Å². The highest BCUT2D eigenvalue weighted by molar-refractivity contribution is 5.90. The summed E-state index contributed by atoms with van der Waals surface area (Å²) in [5.74, 6) is 1.45. The summed E-state index contributed by atoms with van der Waals surface area (Å²) in [5, 5.41) is 2.91. The molecule has 0 aliphatic carbocycles. The smallest absolute Gasteiger partial charge is 0.409 e. The quantitative estimate of drug-likeness (QED) is 0.773. The number of ether oxygens (including phenoxy) is 2. The van der Waals surface area contributed by atoms with Gasteiger partial charge in [-0.25, -0.2) is 4.79 Å². The molecular weight excluding hydrogens is 370 g/mol. The van der Waals surface area contributed by atoms with Gasteiger partial charge in [0.2, 0.25) is 5.91 Å². The van der Waals surface area contributed by atoms with Gasteiger partial charge >= 0.3 is 6.09 Å². The zero-order valence-electron chi connectivity index (χ0n) is 16.7. The number of nitrogens with one attached hydrogen (secondary N) is 1. The minimum Gasteiger partial charge on any atom is -0.457 e. The van der Waals surface area contributed by atoms with Crippen molar-refractivity contribution in [3.05, 3.63) is 54.6 Å². The van der Waals surface area contributed by atoms with Crippen molar-refractivity contribution in [2.24, 2.45) is 0 Å². The van der Waals surface area contributed by atoms with E-state index in [9.17, 15) is 9.59 Å². The fourth-order valence-electron chi connectivity index (χ4n) is 3.08. The maximum atomic E-state index is 12.2. The molecule has 1 aliphatic rings. The van der Waals surface area contributed by atoms with E-state index in [1.807, 2.05) is 54.6 Å². The number of para-hydroxylation sites is 1. The Balaban J connectivity index is 1.38. The van der Waals surface area contributed by atoms with Gasteiger partial charge in [0, 0.05) is 44.8 Å². The van der Waals surface area contributed by atoms with Crippen LogP contribution in [0.25, 0.3) is 0 Å². The molecule has 7 nitrogen and oxygen atoms in total. The van der Waals surface area contributed by atoms with Crippen molar-refractivity contribution in [3.8, 4) is 11.5 Å². The van der Waals surface area contributed by atoms with Gasteiger partial charge in [-0.05, 0) is 43.3 Å². The molecule has 2 aromatic rings. The van der Waals surface area contributed by atoms with Crippen LogP contribution in [0.1, 0.15) is 13.3 Å². The van der Waals surface area contributed by atoms with Crippen molar-refractivity contribution in [3.63, 3.8) is 0 Å². The van der Waals surface area contributed by atoms with E-state index < -0.39 is 0 Å². The average molecular weight is 397 g/mol. The molecule has 154 valence electrons. The lowest BCUT2D eigenvalue weighted by Gasteiger charge is -2.33. The van der Waals surface area contributed by atoms with Crippen LogP contribution in [0, 0.1) is 0 Å². The zero-order chi connectivity index (χ0) is 20.5. The predicted octanol–water partition coefficient (Wildman–Crippen LogP) is 3.58. The van der Waals surface area contributed by atoms with Gasteiger partial charge in [-0.15, -0.1) is 0 Å². The number of benzene rings is 2. The SMILES string of the molecule is CCOC(=O)N1CCN(CCC(=O)Nc2ccc(Oc3ccccc3)cc2)CC1. The van der Waals surface area contributed by atoms with E-state index in [4.69, 9.17) is 9.47 Å². The Morgan fingerprint density at radius 2 is 1.59 bits per heavy atom. The molecule has 1 fully saturated rings. The lowest BCUT2D eigenvalue weighted by atomic mass is 10.2. The van der Waals surface area contributed by atoms with Gasteiger partial charge in [0.15, 0.2) is 0 Å². The monoisotopic (exact) mass is 397 g/mol. The van der Waals surface area contributed by atoms with E-state index in [0.717, 1.165) is 24.5 Å². The van der Waals surface area contributed by atoms with Crippen LogP contribution in [0.5, 0.6) is 11.5 Å². The number of hydrogen-bond acceptors (Lipinski definition) is 5. The van der Waals surface area contributed by atoms with Crippen LogP contribution in [0.15, 0.2) is 54.6 Å². The van der Waals surface area contributed by atoms with Gasteiger partial charge in [-0.1, -0.05) is 18.2 Å². The molecule has 0 radical (unpaired) electrons. The minimum absolute atomic E-state index is 0.0328. The third kappa shape index (κ3) is 6.50. The summed E-state index contributed by atoms with van der Waals surface area (Å²) in [7, 11) is 0. The lowest BCUT2D eigenvalue weighted by molar-refractivity contribution is -0.116. The second-order valence-corrected chi connectivity index (χ2v) is 6.77. The van der Waals surface area contributed by atoms with Crippen molar-refractivity contribution >= 4 is 17.7 Å². The van der Waals surface area contributed by atoms with E-state index in [-0.39, 0.29) is 12.0 Å². The summed E-state index contributed by atoms with van der Waals surface area (Å²) in [6, 6.07) is 16.9. The van der Waals surface area contributed by atoms with Crippen LogP contribution in [0.2, 0.25) is 0 Å². The number of rotatable bonds is 7. The molecule has 2 amide bonds. The molecule has 0 aromatic heterocycles. The largest absolute Gasteiger partial charge is 0.457 e. The van der Waals surface area contributed by atoms with Gasteiger partial charge in [0.05, 0.1) is 6.61 Å². The Kier molecular flexibility index (Phi) is 7.47. The molecule has 1 N–H and O–H groups in total. The Hall–Kier alpha value is -3.06. The number of carbonyl (C=O) groups is 2. The van der Waals surface area contributed by atoms with Gasteiger partial charge in [0.1, 0.15) is 11.5 Å². The Morgan fingerprint density at radius 1 is 0.931 bits per heavy atom. The molecular formula is C22H27N3O4. The van der Waals surface area contributed by atoms with Crippen molar-refractivity contribution in [2.45, 2.75) is 13.3 Å². The molecule has 29 heavy (non-hydrogen) atoms. The standard InChI is InChI=1S/C22H27N3O4/c1-2-28-22(27)25-16-14-24(15-17-25)13-12-21(26)23-18-8-10-20(11-9-18)29-19-6-4-3-5-7-19/h3-11H,2,12-17H2,1H3,(H,23,26). The molecule has 1 saturated heterocycles. The average Bonchev–Trinajstić information content (AvgIpc) is 2.75. The van der Waals surface area contributed by atoms with Crippen LogP contribution in [0.3, 0.4) is 0 Å². The topological polar surface area (TPSA) is 71.1 Å². The fraction of sp³-hybridized carbons (Fsp3) is 0.364. The number of amides is 2. The molecule has 1 aliphatic heterocycles. The number of anilines is 1. The summed E-state index contributed by atoms with van der Waals surface area (Å²) in [6.45, 7) is 5.61. The first-order valence-electron chi connectivity index (χ1n) is 9.91. The van der Waals surface area contributed by atoms with E-state index in [1.165, 1.54) is 0 Å². The first-order valence-corrected chi connectivity index (χ1v) is 9.91. The van der Waals surface area contributed by atoms with Crippen molar-refractivity contribution in [1.82, 2.24) is 9.80 Å². The van der Waals surface area contributed by atoms with Crippen molar-refractivity contribution in [2.75, 3.05) is 44.6 Å². The van der Waals surface area contributed by atoms with Crippen LogP contribution in [-0.2, 0) is 9.53 Å². The van der Waals surface area contributed by atoms with Crippen LogP contribution >= 0.6 is 0 Å². The highest BCUT2D eigenvalue weighted by Crippen LogP contribution is 2.22. The molecule has 0 unspecified atom stereocenters. The van der Waals surface area contributed by atoms with Gasteiger partial charge in [-0.2, -0.15) is 0 Å². The van der Waals surface area contributed by atoms with Crippen LogP contribution in [-0.4, -0.2) is 61.1 Å². The Bertz CT molecular complexity index is 787. The number of hydrogen-bond donors (Lipinski definition) is 1. The lowest BCUT2D eigenvalue weighted by Crippen LogP contribution is -2.49. The van der Waals surface area contributed by atoms with Crippen molar-refractivity contribution in [1.29, 1.82) is 0 Å². The molecule has 7 heteroatoms. The van der Waals surface area contributed by atoms with Gasteiger partial charge in [0.25, 0.3) is 0 Å². The molecule has 3 rings (SSSR count). The van der Waals surface area contributed by atoms with Crippen LogP contribution < -0.4 is 10.1 Å². The molecule has 0 spiro atoms. The number of carbonyl (C=O) groups excluding carboxylic acids is 2. The van der Waals surface area contributed by atoms with E-state index in [1.54, 1.807) is 11.8 Å². The third-order valence-electron chi connectivity index (χ3n) is 4.67.